The Balaban J connectivity index is 1.47. The second-order valence-corrected chi connectivity index (χ2v) is 8.15. The Bertz CT molecular complexity index is 710. The van der Waals surface area contributed by atoms with Gasteiger partial charge in [-0.1, -0.05) is 35.5 Å². The van der Waals surface area contributed by atoms with Crippen molar-refractivity contribution in [1.29, 1.82) is 0 Å². The van der Waals surface area contributed by atoms with E-state index in [1.54, 1.807) is 0 Å². The maximum absolute atomic E-state index is 11.4. The molecule has 5 nitrogen and oxygen atoms in total. The van der Waals surface area contributed by atoms with Crippen LogP contribution in [0.15, 0.2) is 34.9 Å². The number of benzene rings is 1. The molecule has 3 rings (SSSR count). The van der Waals surface area contributed by atoms with Crippen LogP contribution in [-0.2, 0) is 29.1 Å². The van der Waals surface area contributed by atoms with E-state index in [2.05, 4.69) is 22.3 Å². The molecule has 0 bridgehead atoms. The van der Waals surface area contributed by atoms with Gasteiger partial charge in [-0.3, -0.25) is 0 Å². The van der Waals surface area contributed by atoms with Crippen LogP contribution < -0.4 is 0 Å². The largest absolute Gasteiger partial charge is 0.339 e. The first-order chi connectivity index (χ1) is 10.6. The first-order valence-electron chi connectivity index (χ1n) is 7.66. The first kappa shape index (κ1) is 15.2. The van der Waals surface area contributed by atoms with Crippen molar-refractivity contribution in [3.63, 3.8) is 0 Å². The molecule has 2 aromatic rings. The Morgan fingerprint density at radius 3 is 2.73 bits per heavy atom. The van der Waals surface area contributed by atoms with Crippen LogP contribution in [0.25, 0.3) is 0 Å². The van der Waals surface area contributed by atoms with Gasteiger partial charge in [0.1, 0.15) is 0 Å². The summed E-state index contributed by atoms with van der Waals surface area (Å²) in [6.45, 7) is 0. The smallest absolute Gasteiger partial charge is 0.226 e. The normalized spacial score (nSPS) is 20.3. The molecule has 0 spiro atoms. The quantitative estimate of drug-likeness (QED) is 0.816. The predicted octanol–water partition coefficient (Wildman–Crippen LogP) is 2.22. The average molecular weight is 320 g/mol. The van der Waals surface area contributed by atoms with E-state index in [-0.39, 0.29) is 17.4 Å². The van der Waals surface area contributed by atoms with E-state index in [9.17, 15) is 8.42 Å². The summed E-state index contributed by atoms with van der Waals surface area (Å²) in [6, 6.07) is 10.3. The van der Waals surface area contributed by atoms with Crippen molar-refractivity contribution in [2.45, 2.75) is 32.1 Å². The van der Waals surface area contributed by atoms with E-state index < -0.39 is 9.84 Å². The summed E-state index contributed by atoms with van der Waals surface area (Å²) in [6.07, 6.45) is 4.02. The second-order valence-electron chi connectivity index (χ2n) is 5.92. The Morgan fingerprint density at radius 2 is 2.00 bits per heavy atom. The Hall–Kier alpha value is -1.69. The van der Waals surface area contributed by atoms with Gasteiger partial charge >= 0.3 is 0 Å². The molecular weight excluding hydrogens is 300 g/mol. The van der Waals surface area contributed by atoms with E-state index in [1.165, 1.54) is 5.56 Å². The number of sulfone groups is 1. The van der Waals surface area contributed by atoms with Crippen molar-refractivity contribution in [1.82, 2.24) is 10.1 Å². The van der Waals surface area contributed by atoms with Crippen molar-refractivity contribution in [3.8, 4) is 0 Å². The zero-order valence-electron chi connectivity index (χ0n) is 12.4. The maximum atomic E-state index is 11.4. The molecule has 1 aliphatic heterocycles. The topological polar surface area (TPSA) is 73.1 Å². The van der Waals surface area contributed by atoms with Crippen molar-refractivity contribution < 1.29 is 12.9 Å². The summed E-state index contributed by atoms with van der Waals surface area (Å²) < 4.78 is 28.1. The number of aryl methyl sites for hydroxylation is 2. The lowest BCUT2D eigenvalue weighted by atomic mass is 10.1. The molecule has 6 heteroatoms. The lowest BCUT2D eigenvalue weighted by Crippen LogP contribution is -2.07. The minimum absolute atomic E-state index is 0.127. The van der Waals surface area contributed by atoms with Gasteiger partial charge in [-0.2, -0.15) is 4.98 Å². The lowest BCUT2D eigenvalue weighted by molar-refractivity contribution is 0.355. The predicted molar refractivity (Wildman–Crippen MR) is 83.2 cm³/mol. The van der Waals surface area contributed by atoms with E-state index in [0.717, 1.165) is 19.3 Å². The van der Waals surface area contributed by atoms with Crippen molar-refractivity contribution >= 4 is 9.84 Å². The Morgan fingerprint density at radius 1 is 1.18 bits per heavy atom. The van der Waals surface area contributed by atoms with Crippen molar-refractivity contribution in [3.05, 3.63) is 47.6 Å². The SMILES string of the molecule is O=S1(=O)CC[C@@H](Cc2nc(CCCc3ccccc3)no2)C1. The zero-order chi connectivity index (χ0) is 15.4. The van der Waals surface area contributed by atoms with Gasteiger partial charge in [-0.05, 0) is 30.7 Å². The molecule has 1 saturated heterocycles. The third kappa shape index (κ3) is 4.16. The summed E-state index contributed by atoms with van der Waals surface area (Å²) in [4.78, 5) is 4.38. The van der Waals surface area contributed by atoms with E-state index >= 15 is 0 Å². The van der Waals surface area contributed by atoms with Crippen LogP contribution in [0.4, 0.5) is 0 Å². The highest BCUT2D eigenvalue weighted by atomic mass is 32.2. The molecule has 0 N–H and O–H groups in total. The van der Waals surface area contributed by atoms with Gasteiger partial charge in [-0.25, -0.2) is 8.42 Å². The fraction of sp³-hybridized carbons (Fsp3) is 0.500. The number of nitrogens with zero attached hydrogens (tertiary/aromatic N) is 2. The minimum atomic E-state index is -2.84. The van der Waals surface area contributed by atoms with Gasteiger partial charge in [0.15, 0.2) is 15.7 Å². The third-order valence-corrected chi connectivity index (χ3v) is 5.85. The van der Waals surface area contributed by atoms with Crippen LogP contribution in [0.3, 0.4) is 0 Å². The highest BCUT2D eigenvalue weighted by molar-refractivity contribution is 7.91. The number of hydrogen-bond acceptors (Lipinski definition) is 5. The van der Waals surface area contributed by atoms with E-state index in [1.807, 2.05) is 18.2 Å². The van der Waals surface area contributed by atoms with E-state index in [0.29, 0.717) is 24.6 Å². The fourth-order valence-electron chi connectivity index (χ4n) is 2.85. The van der Waals surface area contributed by atoms with Crippen LogP contribution in [0.5, 0.6) is 0 Å². The zero-order valence-corrected chi connectivity index (χ0v) is 13.3. The molecule has 1 aliphatic rings. The summed E-state index contributed by atoms with van der Waals surface area (Å²) in [5, 5.41) is 3.99. The summed E-state index contributed by atoms with van der Waals surface area (Å²) >= 11 is 0. The van der Waals surface area contributed by atoms with Crippen LogP contribution >= 0.6 is 0 Å². The Labute approximate surface area is 130 Å². The van der Waals surface area contributed by atoms with Gasteiger partial charge in [0.2, 0.25) is 5.89 Å². The molecule has 1 atom stereocenters. The molecule has 22 heavy (non-hydrogen) atoms. The molecular formula is C16H20N2O3S. The molecule has 1 fully saturated rings. The lowest BCUT2D eigenvalue weighted by Gasteiger charge is -2.01. The van der Waals surface area contributed by atoms with Crippen LogP contribution in [-0.4, -0.2) is 30.1 Å². The molecule has 2 heterocycles. The number of aromatic nitrogens is 2. The van der Waals surface area contributed by atoms with Gasteiger partial charge in [0.25, 0.3) is 0 Å². The van der Waals surface area contributed by atoms with Crippen LogP contribution in [0, 0.1) is 5.92 Å². The number of hydrogen-bond donors (Lipinski definition) is 0. The second kappa shape index (κ2) is 6.60. The van der Waals surface area contributed by atoms with E-state index in [4.69, 9.17) is 4.52 Å². The molecule has 1 aromatic carbocycles. The molecule has 0 saturated carbocycles. The molecule has 0 aliphatic carbocycles. The highest BCUT2D eigenvalue weighted by Crippen LogP contribution is 2.22. The summed E-state index contributed by atoms with van der Waals surface area (Å²) in [5.41, 5.74) is 1.31. The van der Waals surface area contributed by atoms with Crippen LogP contribution in [0.1, 0.15) is 30.1 Å². The van der Waals surface area contributed by atoms with Gasteiger partial charge in [0.05, 0.1) is 11.5 Å². The Kier molecular flexibility index (Phi) is 4.57. The highest BCUT2D eigenvalue weighted by Gasteiger charge is 2.29. The maximum Gasteiger partial charge on any atom is 0.226 e. The summed E-state index contributed by atoms with van der Waals surface area (Å²) in [5.74, 6) is 1.94. The first-order valence-corrected chi connectivity index (χ1v) is 9.49. The fourth-order valence-corrected chi connectivity index (χ4v) is 4.71. The molecule has 0 radical (unpaired) electrons. The standard InChI is InChI=1S/C16H20N2O3S/c19-22(20)10-9-14(12-22)11-16-17-15(18-21-16)8-4-7-13-5-2-1-3-6-13/h1-3,5-6,14H,4,7-12H2/t14-/m0/s1. The average Bonchev–Trinajstić information content (AvgIpc) is 3.07. The minimum Gasteiger partial charge on any atom is -0.339 e. The number of rotatable bonds is 6. The van der Waals surface area contributed by atoms with Crippen LogP contribution in [0.2, 0.25) is 0 Å². The van der Waals surface area contributed by atoms with Gasteiger partial charge in [-0.15, -0.1) is 0 Å². The molecule has 1 aromatic heterocycles. The summed E-state index contributed by atoms with van der Waals surface area (Å²) in [7, 11) is -2.84. The van der Waals surface area contributed by atoms with Crippen molar-refractivity contribution in [2.75, 3.05) is 11.5 Å². The monoisotopic (exact) mass is 320 g/mol. The van der Waals surface area contributed by atoms with Crippen molar-refractivity contribution in [2.24, 2.45) is 5.92 Å². The molecule has 0 unspecified atom stereocenters. The van der Waals surface area contributed by atoms with Gasteiger partial charge in [0, 0.05) is 12.8 Å². The van der Waals surface area contributed by atoms with Gasteiger partial charge < -0.3 is 4.52 Å². The molecule has 0 amide bonds. The molecule has 118 valence electrons. The third-order valence-electron chi connectivity index (χ3n) is 4.01.